The van der Waals surface area contributed by atoms with Crippen molar-refractivity contribution in [3.05, 3.63) is 65.7 Å². The Labute approximate surface area is 141 Å². The number of β-amino-alcohol motifs (C(OH)–C–C–N with tert-alkyl or cyclic N) is 1. The SMILES string of the molecule is O=C(c1ccccc1OCc1ccccc1)N1CCNCC(O)C1. The summed E-state index contributed by atoms with van der Waals surface area (Å²) in [6.07, 6.45) is -0.547. The number of hydrogen-bond donors (Lipinski definition) is 2. The lowest BCUT2D eigenvalue weighted by atomic mass is 10.1. The first kappa shape index (κ1) is 16.5. The average Bonchev–Trinajstić information content (AvgIpc) is 2.85. The molecule has 0 saturated carbocycles. The highest BCUT2D eigenvalue weighted by molar-refractivity contribution is 5.97. The van der Waals surface area contributed by atoms with E-state index < -0.39 is 6.10 Å². The number of carbonyl (C=O) groups is 1. The van der Waals surface area contributed by atoms with Gasteiger partial charge < -0.3 is 20.1 Å². The van der Waals surface area contributed by atoms with Gasteiger partial charge >= 0.3 is 0 Å². The number of carbonyl (C=O) groups excluding carboxylic acids is 1. The summed E-state index contributed by atoms with van der Waals surface area (Å²) in [6, 6.07) is 17.1. The van der Waals surface area contributed by atoms with E-state index in [1.165, 1.54) is 0 Å². The number of ether oxygens (including phenoxy) is 1. The Hall–Kier alpha value is -2.37. The Morgan fingerprint density at radius 1 is 1.17 bits per heavy atom. The monoisotopic (exact) mass is 326 g/mol. The molecule has 5 heteroatoms. The van der Waals surface area contributed by atoms with Gasteiger partial charge in [0.25, 0.3) is 5.91 Å². The van der Waals surface area contributed by atoms with E-state index in [1.807, 2.05) is 48.5 Å². The van der Waals surface area contributed by atoms with Crippen molar-refractivity contribution in [2.75, 3.05) is 26.2 Å². The molecule has 24 heavy (non-hydrogen) atoms. The molecule has 0 bridgehead atoms. The fraction of sp³-hybridized carbons (Fsp3) is 0.316. The molecule has 0 spiro atoms. The molecule has 1 amide bonds. The Balaban J connectivity index is 1.74. The fourth-order valence-electron chi connectivity index (χ4n) is 2.75. The summed E-state index contributed by atoms with van der Waals surface area (Å²) in [6.45, 7) is 2.50. The van der Waals surface area contributed by atoms with Gasteiger partial charge in [-0.25, -0.2) is 0 Å². The maximum absolute atomic E-state index is 12.8. The van der Waals surface area contributed by atoms with Crippen molar-refractivity contribution in [2.45, 2.75) is 12.7 Å². The Morgan fingerprint density at radius 2 is 1.92 bits per heavy atom. The first-order valence-corrected chi connectivity index (χ1v) is 8.18. The Bertz CT molecular complexity index is 675. The average molecular weight is 326 g/mol. The number of aliphatic hydroxyl groups excluding tert-OH is 1. The van der Waals surface area contributed by atoms with Gasteiger partial charge in [0, 0.05) is 26.2 Å². The summed E-state index contributed by atoms with van der Waals surface area (Å²) < 4.78 is 5.87. The minimum atomic E-state index is -0.547. The highest BCUT2D eigenvalue weighted by Gasteiger charge is 2.23. The summed E-state index contributed by atoms with van der Waals surface area (Å²) in [4.78, 5) is 14.5. The van der Waals surface area contributed by atoms with Gasteiger partial charge in [0.05, 0.1) is 11.7 Å². The van der Waals surface area contributed by atoms with E-state index in [4.69, 9.17) is 4.74 Å². The van der Waals surface area contributed by atoms with E-state index in [2.05, 4.69) is 5.32 Å². The van der Waals surface area contributed by atoms with Crippen LogP contribution in [-0.2, 0) is 6.61 Å². The number of amides is 1. The number of hydrogen-bond acceptors (Lipinski definition) is 4. The lowest BCUT2D eigenvalue weighted by Gasteiger charge is -2.23. The maximum Gasteiger partial charge on any atom is 0.257 e. The molecule has 3 rings (SSSR count). The molecule has 126 valence electrons. The van der Waals surface area contributed by atoms with Gasteiger partial charge in [-0.2, -0.15) is 0 Å². The quantitative estimate of drug-likeness (QED) is 0.897. The lowest BCUT2D eigenvalue weighted by molar-refractivity contribution is 0.0668. The molecule has 1 fully saturated rings. The second-order valence-electron chi connectivity index (χ2n) is 5.88. The maximum atomic E-state index is 12.8. The zero-order valence-electron chi connectivity index (χ0n) is 13.5. The van der Waals surface area contributed by atoms with Crippen LogP contribution in [0.3, 0.4) is 0 Å². The number of para-hydroxylation sites is 1. The lowest BCUT2D eigenvalue weighted by Crippen LogP contribution is -2.37. The highest BCUT2D eigenvalue weighted by Crippen LogP contribution is 2.21. The molecular formula is C19H22N2O3. The zero-order chi connectivity index (χ0) is 16.8. The number of nitrogens with one attached hydrogen (secondary N) is 1. The molecule has 5 nitrogen and oxygen atoms in total. The molecule has 2 aromatic carbocycles. The number of benzene rings is 2. The summed E-state index contributed by atoms with van der Waals surface area (Å²) in [5.74, 6) is 0.458. The minimum Gasteiger partial charge on any atom is -0.488 e. The molecule has 0 aliphatic carbocycles. The van der Waals surface area contributed by atoms with E-state index in [1.54, 1.807) is 11.0 Å². The minimum absolute atomic E-state index is 0.110. The number of aliphatic hydroxyl groups is 1. The van der Waals surface area contributed by atoms with Crippen molar-refractivity contribution < 1.29 is 14.6 Å². The van der Waals surface area contributed by atoms with E-state index in [0.29, 0.717) is 44.1 Å². The van der Waals surface area contributed by atoms with Crippen LogP contribution >= 0.6 is 0 Å². The van der Waals surface area contributed by atoms with E-state index in [0.717, 1.165) is 5.56 Å². The van der Waals surface area contributed by atoms with Gasteiger partial charge in [-0.05, 0) is 17.7 Å². The van der Waals surface area contributed by atoms with Gasteiger partial charge in [0.15, 0.2) is 0 Å². The molecule has 1 heterocycles. The number of nitrogens with zero attached hydrogens (tertiary/aromatic N) is 1. The molecule has 1 aliphatic rings. The molecule has 2 N–H and O–H groups in total. The van der Waals surface area contributed by atoms with Crippen LogP contribution in [0.4, 0.5) is 0 Å². The molecule has 1 saturated heterocycles. The van der Waals surface area contributed by atoms with Crippen molar-refractivity contribution in [3.8, 4) is 5.75 Å². The van der Waals surface area contributed by atoms with Crippen LogP contribution < -0.4 is 10.1 Å². The molecule has 0 radical (unpaired) electrons. The van der Waals surface area contributed by atoms with E-state index >= 15 is 0 Å². The normalized spacial score (nSPS) is 18.0. The summed E-state index contributed by atoms with van der Waals surface area (Å²) >= 11 is 0. The van der Waals surface area contributed by atoms with E-state index in [9.17, 15) is 9.90 Å². The van der Waals surface area contributed by atoms with Crippen LogP contribution in [0.2, 0.25) is 0 Å². The smallest absolute Gasteiger partial charge is 0.257 e. The number of rotatable bonds is 4. The van der Waals surface area contributed by atoms with Gasteiger partial charge in [0.2, 0.25) is 0 Å². The second kappa shape index (κ2) is 7.95. The van der Waals surface area contributed by atoms with Crippen molar-refractivity contribution in [1.82, 2.24) is 10.2 Å². The second-order valence-corrected chi connectivity index (χ2v) is 5.88. The van der Waals surface area contributed by atoms with Crippen LogP contribution in [0.25, 0.3) is 0 Å². The largest absolute Gasteiger partial charge is 0.488 e. The Morgan fingerprint density at radius 3 is 2.75 bits per heavy atom. The zero-order valence-corrected chi connectivity index (χ0v) is 13.5. The molecule has 1 atom stereocenters. The summed E-state index contributed by atoms with van der Waals surface area (Å²) in [5.41, 5.74) is 1.58. The first-order valence-electron chi connectivity index (χ1n) is 8.18. The third-order valence-corrected chi connectivity index (χ3v) is 4.01. The van der Waals surface area contributed by atoms with Gasteiger partial charge in [-0.1, -0.05) is 42.5 Å². The summed E-state index contributed by atoms with van der Waals surface area (Å²) in [7, 11) is 0. The van der Waals surface area contributed by atoms with Crippen LogP contribution in [0.15, 0.2) is 54.6 Å². The first-order chi connectivity index (χ1) is 11.7. The molecule has 2 aromatic rings. The van der Waals surface area contributed by atoms with Crippen molar-refractivity contribution in [2.24, 2.45) is 0 Å². The van der Waals surface area contributed by atoms with Crippen LogP contribution in [0, 0.1) is 0 Å². The van der Waals surface area contributed by atoms with Crippen LogP contribution in [0.1, 0.15) is 15.9 Å². The fourth-order valence-corrected chi connectivity index (χ4v) is 2.75. The van der Waals surface area contributed by atoms with E-state index in [-0.39, 0.29) is 5.91 Å². The van der Waals surface area contributed by atoms with Crippen molar-refractivity contribution in [1.29, 1.82) is 0 Å². The molecule has 1 unspecified atom stereocenters. The van der Waals surface area contributed by atoms with Gasteiger partial charge in [-0.15, -0.1) is 0 Å². The standard InChI is InChI=1S/C19H22N2O3/c22-16-12-20-10-11-21(13-16)19(23)17-8-4-5-9-18(17)24-14-15-6-2-1-3-7-15/h1-9,16,20,22H,10-14H2. The summed E-state index contributed by atoms with van der Waals surface area (Å²) in [5, 5.41) is 13.0. The predicted octanol–water partition coefficient (Wildman–Crippen LogP) is 1.67. The third kappa shape index (κ3) is 4.13. The Kier molecular flexibility index (Phi) is 5.46. The van der Waals surface area contributed by atoms with Crippen molar-refractivity contribution >= 4 is 5.91 Å². The van der Waals surface area contributed by atoms with Gasteiger partial charge in [-0.3, -0.25) is 4.79 Å². The topological polar surface area (TPSA) is 61.8 Å². The van der Waals surface area contributed by atoms with Crippen LogP contribution in [-0.4, -0.2) is 48.2 Å². The predicted molar refractivity (Wildman–Crippen MR) is 92.0 cm³/mol. The molecule has 1 aliphatic heterocycles. The molecule has 0 aromatic heterocycles. The highest BCUT2D eigenvalue weighted by atomic mass is 16.5. The molecular weight excluding hydrogens is 304 g/mol. The van der Waals surface area contributed by atoms with Crippen LogP contribution in [0.5, 0.6) is 5.75 Å². The third-order valence-electron chi connectivity index (χ3n) is 4.01. The van der Waals surface area contributed by atoms with Crippen molar-refractivity contribution in [3.63, 3.8) is 0 Å². The van der Waals surface area contributed by atoms with Gasteiger partial charge in [0.1, 0.15) is 12.4 Å².